The molecule has 0 aromatic carbocycles. The summed E-state index contributed by atoms with van der Waals surface area (Å²) in [6.07, 6.45) is 0.979. The lowest BCUT2D eigenvalue weighted by molar-refractivity contribution is 0.0132. The Morgan fingerprint density at radius 1 is 1.78 bits per heavy atom. The molecule has 0 bridgehead atoms. The summed E-state index contributed by atoms with van der Waals surface area (Å²) in [5, 5.41) is 9.04. The van der Waals surface area contributed by atoms with Gasteiger partial charge < -0.3 is 15.6 Å². The molecule has 3 heteroatoms. The first-order valence-corrected chi connectivity index (χ1v) is 2.96. The molecule has 2 atom stereocenters. The van der Waals surface area contributed by atoms with E-state index in [0.29, 0.717) is 0 Å². The lowest BCUT2D eigenvalue weighted by atomic mass is 10.1. The number of nitrogens with two attached hydrogens (primary N) is 1. The van der Waals surface area contributed by atoms with Gasteiger partial charge in [0.1, 0.15) is 0 Å². The summed E-state index contributed by atoms with van der Waals surface area (Å²) in [7, 11) is 1.55. The fourth-order valence-corrected chi connectivity index (χ4v) is 0.649. The predicted molar refractivity (Wildman–Crippen MR) is 35.8 cm³/mol. The Hall–Kier alpha value is -0.120. The van der Waals surface area contributed by atoms with Crippen LogP contribution in [0.4, 0.5) is 0 Å². The highest BCUT2D eigenvalue weighted by Gasteiger charge is 2.13. The minimum Gasteiger partial charge on any atom is -0.389 e. The average Bonchev–Trinajstić information content (AvgIpc) is 1.90. The highest BCUT2D eigenvalue weighted by atomic mass is 16.5. The Balaban J connectivity index is 3.50. The lowest BCUT2D eigenvalue weighted by Gasteiger charge is -2.17. The number of methoxy groups -OCH3 is 1. The van der Waals surface area contributed by atoms with Gasteiger partial charge >= 0.3 is 0 Å². The maximum atomic E-state index is 9.04. The van der Waals surface area contributed by atoms with Gasteiger partial charge in [0.25, 0.3) is 0 Å². The van der Waals surface area contributed by atoms with Crippen molar-refractivity contribution < 1.29 is 9.84 Å². The number of aliphatic hydroxyl groups is 1. The summed E-state index contributed by atoms with van der Waals surface area (Å²) in [5.41, 5.74) is 5.17. The van der Waals surface area contributed by atoms with E-state index < -0.39 is 6.10 Å². The highest BCUT2D eigenvalue weighted by molar-refractivity contribution is 4.79. The molecule has 0 fully saturated rings. The second-order valence-electron chi connectivity index (χ2n) is 1.84. The summed E-state index contributed by atoms with van der Waals surface area (Å²) in [5.74, 6) is 0. The van der Waals surface area contributed by atoms with Crippen LogP contribution in [0.25, 0.3) is 0 Å². The first-order valence-electron chi connectivity index (χ1n) is 2.96. The van der Waals surface area contributed by atoms with Gasteiger partial charge in [0.2, 0.25) is 0 Å². The Kier molecular flexibility index (Phi) is 4.67. The largest absolute Gasteiger partial charge is 0.389 e. The zero-order chi connectivity index (χ0) is 7.28. The van der Waals surface area contributed by atoms with Gasteiger partial charge in [-0.1, -0.05) is 6.92 Å². The van der Waals surface area contributed by atoms with Crippen LogP contribution in [0.15, 0.2) is 0 Å². The minimum absolute atomic E-state index is 0.227. The molecule has 0 amide bonds. The summed E-state index contributed by atoms with van der Waals surface area (Å²) in [6.45, 7) is 2.07. The highest BCUT2D eigenvalue weighted by Crippen LogP contribution is 1.99. The summed E-state index contributed by atoms with van der Waals surface area (Å²) in [4.78, 5) is 0. The fourth-order valence-electron chi connectivity index (χ4n) is 0.649. The molecule has 1 radical (unpaired) electrons. The molecule has 55 valence electrons. The van der Waals surface area contributed by atoms with Gasteiger partial charge in [-0.05, 0) is 6.42 Å². The molecule has 0 heterocycles. The molecule has 3 nitrogen and oxygen atoms in total. The third-order valence-electron chi connectivity index (χ3n) is 1.22. The molecule has 9 heavy (non-hydrogen) atoms. The number of hydrogen-bond donors (Lipinski definition) is 2. The van der Waals surface area contributed by atoms with Crippen molar-refractivity contribution in [1.29, 1.82) is 0 Å². The van der Waals surface area contributed by atoms with E-state index in [2.05, 4.69) is 0 Å². The van der Waals surface area contributed by atoms with E-state index in [4.69, 9.17) is 15.6 Å². The van der Waals surface area contributed by atoms with Gasteiger partial charge in [0, 0.05) is 13.7 Å². The van der Waals surface area contributed by atoms with E-state index in [1.807, 2.05) is 6.92 Å². The molecule has 0 unspecified atom stereocenters. The van der Waals surface area contributed by atoms with Crippen LogP contribution in [0.2, 0.25) is 0 Å². The number of rotatable bonds is 4. The maximum Gasteiger partial charge on any atom is 0.0926 e. The van der Waals surface area contributed by atoms with Crippen LogP contribution in [-0.4, -0.2) is 31.0 Å². The smallest absolute Gasteiger partial charge is 0.0926 e. The van der Waals surface area contributed by atoms with Crippen molar-refractivity contribution in [2.45, 2.75) is 19.1 Å². The molecular formula is C6H14NO2. The number of aliphatic hydroxyl groups excluding tert-OH is 1. The molecule has 0 spiro atoms. The predicted octanol–water partition coefficient (Wildman–Crippen LogP) is -0.455. The second-order valence-corrected chi connectivity index (χ2v) is 1.84. The van der Waals surface area contributed by atoms with E-state index in [1.165, 1.54) is 0 Å². The average molecular weight is 132 g/mol. The van der Waals surface area contributed by atoms with Crippen molar-refractivity contribution >= 4 is 0 Å². The lowest BCUT2D eigenvalue weighted by Crippen LogP contribution is -2.34. The zero-order valence-electron chi connectivity index (χ0n) is 5.87. The Morgan fingerprint density at radius 3 is 2.44 bits per heavy atom. The molecule has 0 aliphatic heterocycles. The van der Waals surface area contributed by atoms with Crippen molar-refractivity contribution in [3.8, 4) is 0 Å². The van der Waals surface area contributed by atoms with E-state index in [0.717, 1.165) is 0 Å². The van der Waals surface area contributed by atoms with Gasteiger partial charge in [-0.2, -0.15) is 0 Å². The second kappa shape index (κ2) is 4.73. The van der Waals surface area contributed by atoms with Gasteiger partial charge in [0.15, 0.2) is 0 Å². The van der Waals surface area contributed by atoms with E-state index in [-0.39, 0.29) is 12.6 Å². The molecule has 0 aromatic heterocycles. The van der Waals surface area contributed by atoms with E-state index in [9.17, 15) is 0 Å². The summed E-state index contributed by atoms with van der Waals surface area (Å²) >= 11 is 0. The molecule has 0 aromatic rings. The molecule has 0 aliphatic rings. The maximum absolute atomic E-state index is 9.04. The zero-order valence-corrected chi connectivity index (χ0v) is 5.87. The van der Waals surface area contributed by atoms with Crippen LogP contribution in [0.5, 0.6) is 0 Å². The standard InChI is InChI=1S/C6H14NO2/c1-3-6(9-2)5(8)4-7/h3,5-6,8H,4,7H2,1-2H3/t5-,6-/m0/s1. The van der Waals surface area contributed by atoms with E-state index >= 15 is 0 Å². The number of ether oxygens (including phenoxy) is 1. The van der Waals surface area contributed by atoms with Gasteiger partial charge in [-0.3, -0.25) is 0 Å². The van der Waals surface area contributed by atoms with E-state index in [1.54, 1.807) is 13.5 Å². The third-order valence-corrected chi connectivity index (χ3v) is 1.22. The minimum atomic E-state index is -0.569. The summed E-state index contributed by atoms with van der Waals surface area (Å²) < 4.78 is 4.87. The van der Waals surface area contributed by atoms with Crippen molar-refractivity contribution in [2.75, 3.05) is 13.7 Å². The van der Waals surface area contributed by atoms with Crippen molar-refractivity contribution in [3.05, 3.63) is 6.42 Å². The monoisotopic (exact) mass is 132 g/mol. The normalized spacial score (nSPS) is 17.3. The first kappa shape index (κ1) is 8.88. The van der Waals surface area contributed by atoms with Crippen LogP contribution in [0, 0.1) is 6.42 Å². The van der Waals surface area contributed by atoms with Gasteiger partial charge in [-0.25, -0.2) is 0 Å². The fraction of sp³-hybridized carbons (Fsp3) is 0.833. The molecule has 0 saturated heterocycles. The molecular weight excluding hydrogens is 118 g/mol. The SMILES string of the molecule is C[CH][C@H](OC)[C@@H](O)CN. The molecule has 0 aliphatic carbocycles. The number of hydrogen-bond acceptors (Lipinski definition) is 3. The van der Waals surface area contributed by atoms with Crippen LogP contribution >= 0.6 is 0 Å². The molecule has 0 rings (SSSR count). The third kappa shape index (κ3) is 2.79. The first-order chi connectivity index (χ1) is 4.26. The van der Waals surface area contributed by atoms with Gasteiger partial charge in [-0.15, -0.1) is 0 Å². The van der Waals surface area contributed by atoms with Crippen LogP contribution < -0.4 is 5.73 Å². The van der Waals surface area contributed by atoms with Crippen molar-refractivity contribution in [1.82, 2.24) is 0 Å². The quantitative estimate of drug-likeness (QED) is 0.544. The van der Waals surface area contributed by atoms with Crippen molar-refractivity contribution in [3.63, 3.8) is 0 Å². The van der Waals surface area contributed by atoms with Crippen LogP contribution in [0.1, 0.15) is 6.92 Å². The topological polar surface area (TPSA) is 55.5 Å². The van der Waals surface area contributed by atoms with Crippen molar-refractivity contribution in [2.24, 2.45) is 5.73 Å². The Bertz CT molecular complexity index is 64.1. The Labute approximate surface area is 55.8 Å². The van der Waals surface area contributed by atoms with Crippen LogP contribution in [0.3, 0.4) is 0 Å². The van der Waals surface area contributed by atoms with Crippen LogP contribution in [-0.2, 0) is 4.74 Å². The van der Waals surface area contributed by atoms with Gasteiger partial charge in [0.05, 0.1) is 12.2 Å². The Morgan fingerprint density at radius 2 is 2.33 bits per heavy atom. The summed E-state index contributed by atoms with van der Waals surface area (Å²) in [6, 6.07) is 0. The molecule has 3 N–H and O–H groups in total. The molecule has 0 saturated carbocycles.